The molecule has 4 atom stereocenters. The number of nitrogens with zero attached hydrogens (tertiary/aromatic N) is 1. The number of amides is 2. The van der Waals surface area contributed by atoms with Crippen LogP contribution in [0.2, 0.25) is 0 Å². The highest BCUT2D eigenvalue weighted by molar-refractivity contribution is 8.00. The molecule has 2 aliphatic heterocycles. The van der Waals surface area contributed by atoms with Crippen LogP contribution in [0.25, 0.3) is 0 Å². The van der Waals surface area contributed by atoms with Gasteiger partial charge in [0.2, 0.25) is 11.5 Å². The molecule has 8 heteroatoms. The van der Waals surface area contributed by atoms with Crippen molar-refractivity contribution in [2.24, 2.45) is 11.5 Å². The number of aryl methyl sites for hydroxylation is 1. The van der Waals surface area contributed by atoms with Crippen molar-refractivity contribution >= 4 is 29.5 Å². The van der Waals surface area contributed by atoms with E-state index in [2.05, 4.69) is 0 Å². The lowest BCUT2D eigenvalue weighted by molar-refractivity contribution is -0.176. The Labute approximate surface area is 161 Å². The largest absolute Gasteiger partial charge is 0.442 e. The zero-order valence-electron chi connectivity index (χ0n) is 14.9. The van der Waals surface area contributed by atoms with E-state index >= 15 is 0 Å². The van der Waals surface area contributed by atoms with Crippen molar-refractivity contribution in [2.75, 3.05) is 5.75 Å². The Hall–Kier alpha value is -2.06. The van der Waals surface area contributed by atoms with Crippen molar-refractivity contribution in [1.29, 1.82) is 0 Å². The monoisotopic (exact) mass is 389 g/mol. The molecule has 3 aliphatic rings. The van der Waals surface area contributed by atoms with Crippen molar-refractivity contribution in [3.05, 3.63) is 35.4 Å². The van der Waals surface area contributed by atoms with Gasteiger partial charge in [0.05, 0.1) is 11.4 Å². The van der Waals surface area contributed by atoms with E-state index in [0.29, 0.717) is 30.6 Å². The molecule has 2 saturated heterocycles. The quantitative estimate of drug-likeness (QED) is 0.733. The van der Waals surface area contributed by atoms with Crippen LogP contribution >= 0.6 is 11.8 Å². The molecule has 2 amide bonds. The summed E-state index contributed by atoms with van der Waals surface area (Å²) in [6.45, 7) is 0. The molecule has 0 bridgehead atoms. The Kier molecular flexibility index (Phi) is 4.63. The van der Waals surface area contributed by atoms with E-state index in [1.54, 1.807) is 22.7 Å². The molecule has 4 rings (SSSR count). The van der Waals surface area contributed by atoms with Gasteiger partial charge in [0.25, 0.3) is 5.91 Å². The zero-order valence-corrected chi connectivity index (χ0v) is 15.7. The van der Waals surface area contributed by atoms with Crippen LogP contribution in [-0.2, 0) is 31.1 Å². The fourth-order valence-corrected chi connectivity index (χ4v) is 5.76. The van der Waals surface area contributed by atoms with E-state index in [1.807, 2.05) is 18.2 Å². The molecule has 0 saturated carbocycles. The highest BCUT2D eigenvalue weighted by atomic mass is 32.2. The zero-order chi connectivity index (χ0) is 19.2. The number of carbonyl (C=O) groups excluding carboxylic acids is 3. The van der Waals surface area contributed by atoms with Crippen LogP contribution in [0.15, 0.2) is 24.3 Å². The van der Waals surface area contributed by atoms with E-state index in [-0.39, 0.29) is 11.3 Å². The Balaban J connectivity index is 1.63. The highest BCUT2D eigenvalue weighted by Crippen LogP contribution is 2.41. The number of primary amides is 1. The summed E-state index contributed by atoms with van der Waals surface area (Å²) in [4.78, 5) is 39.6. The van der Waals surface area contributed by atoms with E-state index < -0.39 is 29.6 Å². The number of piperidine rings is 1. The number of hydrogen-bond acceptors (Lipinski definition) is 6. The Morgan fingerprint density at radius 2 is 2.04 bits per heavy atom. The summed E-state index contributed by atoms with van der Waals surface area (Å²) in [7, 11) is 0. The van der Waals surface area contributed by atoms with Gasteiger partial charge in [-0.05, 0) is 31.2 Å². The van der Waals surface area contributed by atoms with Gasteiger partial charge in [0.1, 0.15) is 6.04 Å². The van der Waals surface area contributed by atoms with Gasteiger partial charge in [0.15, 0.2) is 0 Å². The van der Waals surface area contributed by atoms with Crippen LogP contribution in [0.1, 0.15) is 36.8 Å². The molecule has 4 unspecified atom stereocenters. The average molecular weight is 389 g/mol. The Morgan fingerprint density at radius 3 is 2.81 bits per heavy atom. The summed E-state index contributed by atoms with van der Waals surface area (Å²) in [5.41, 5.74) is 11.8. The predicted octanol–water partition coefficient (Wildman–Crippen LogP) is 0.638. The van der Waals surface area contributed by atoms with E-state index in [1.165, 1.54) is 0 Å². The third-order valence-corrected chi connectivity index (χ3v) is 7.12. The second-order valence-corrected chi connectivity index (χ2v) is 8.57. The first-order chi connectivity index (χ1) is 12.9. The average Bonchev–Trinajstić information content (AvgIpc) is 3.10. The first kappa shape index (κ1) is 18.3. The van der Waals surface area contributed by atoms with Gasteiger partial charge in [-0.2, -0.15) is 0 Å². The molecule has 27 heavy (non-hydrogen) atoms. The van der Waals surface area contributed by atoms with Gasteiger partial charge in [0, 0.05) is 17.7 Å². The Morgan fingerprint density at radius 1 is 1.26 bits per heavy atom. The van der Waals surface area contributed by atoms with Gasteiger partial charge >= 0.3 is 5.97 Å². The maximum absolute atomic E-state index is 13.1. The SMILES string of the molecule is NC(=O)C1(OC(=O)C2CSC3CCC(N)C(=O)N32)CCCc2ccccc21. The van der Waals surface area contributed by atoms with Crippen molar-refractivity contribution in [3.63, 3.8) is 0 Å². The van der Waals surface area contributed by atoms with Crippen molar-refractivity contribution in [2.45, 2.75) is 55.2 Å². The molecule has 144 valence electrons. The second kappa shape index (κ2) is 6.83. The number of benzene rings is 1. The number of rotatable bonds is 3. The van der Waals surface area contributed by atoms with Gasteiger partial charge in [-0.15, -0.1) is 11.8 Å². The fourth-order valence-electron chi connectivity index (χ4n) is 4.35. The molecule has 0 aromatic heterocycles. The molecule has 2 fully saturated rings. The number of nitrogens with two attached hydrogens (primary N) is 2. The number of hydrogen-bond donors (Lipinski definition) is 2. The van der Waals surface area contributed by atoms with Crippen LogP contribution in [0, 0.1) is 0 Å². The number of esters is 1. The summed E-state index contributed by atoms with van der Waals surface area (Å²) in [5, 5.41) is -0.0574. The maximum Gasteiger partial charge on any atom is 0.331 e. The summed E-state index contributed by atoms with van der Waals surface area (Å²) in [6, 6.07) is 6.10. The first-order valence-electron chi connectivity index (χ1n) is 9.24. The lowest BCUT2D eigenvalue weighted by atomic mass is 9.78. The van der Waals surface area contributed by atoms with Crippen LogP contribution in [0.5, 0.6) is 0 Å². The molecule has 2 heterocycles. The molecule has 7 nitrogen and oxygen atoms in total. The van der Waals surface area contributed by atoms with Gasteiger partial charge in [-0.3, -0.25) is 9.59 Å². The van der Waals surface area contributed by atoms with Gasteiger partial charge < -0.3 is 21.1 Å². The van der Waals surface area contributed by atoms with E-state index in [0.717, 1.165) is 18.4 Å². The normalized spacial score (nSPS) is 32.6. The van der Waals surface area contributed by atoms with Crippen molar-refractivity contribution in [1.82, 2.24) is 4.90 Å². The predicted molar refractivity (Wildman–Crippen MR) is 100 cm³/mol. The third-order valence-electron chi connectivity index (χ3n) is 5.76. The molecule has 1 aromatic rings. The van der Waals surface area contributed by atoms with E-state index in [9.17, 15) is 14.4 Å². The van der Waals surface area contributed by atoms with Crippen LogP contribution in [0.4, 0.5) is 0 Å². The van der Waals surface area contributed by atoms with Crippen LogP contribution < -0.4 is 11.5 Å². The molecule has 1 aliphatic carbocycles. The molecule has 4 N–H and O–H groups in total. The number of ether oxygens (including phenoxy) is 1. The summed E-state index contributed by atoms with van der Waals surface area (Å²) in [6.07, 6.45) is 3.23. The van der Waals surface area contributed by atoms with Crippen molar-refractivity contribution in [3.8, 4) is 0 Å². The lowest BCUT2D eigenvalue weighted by Crippen LogP contribution is -2.57. The summed E-state index contributed by atoms with van der Waals surface area (Å²) < 4.78 is 5.82. The van der Waals surface area contributed by atoms with E-state index in [4.69, 9.17) is 16.2 Å². The van der Waals surface area contributed by atoms with Crippen molar-refractivity contribution < 1.29 is 19.1 Å². The summed E-state index contributed by atoms with van der Waals surface area (Å²) in [5.74, 6) is -1.04. The van der Waals surface area contributed by atoms with Crippen LogP contribution in [0.3, 0.4) is 0 Å². The van der Waals surface area contributed by atoms with Gasteiger partial charge in [-0.1, -0.05) is 24.3 Å². The lowest BCUT2D eigenvalue weighted by Gasteiger charge is -2.39. The third kappa shape index (κ3) is 2.91. The number of carbonyl (C=O) groups is 3. The molecule has 0 spiro atoms. The number of fused-ring (bicyclic) bond motifs is 2. The minimum atomic E-state index is -1.48. The highest BCUT2D eigenvalue weighted by Gasteiger charge is 2.51. The maximum atomic E-state index is 13.1. The fraction of sp³-hybridized carbons (Fsp3) is 0.526. The molecule has 1 aromatic carbocycles. The molecule has 0 radical (unpaired) electrons. The molecular formula is C19H23N3O4S. The second-order valence-electron chi connectivity index (χ2n) is 7.36. The first-order valence-corrected chi connectivity index (χ1v) is 10.3. The Bertz CT molecular complexity index is 801. The number of thioether (sulfide) groups is 1. The minimum Gasteiger partial charge on any atom is -0.442 e. The van der Waals surface area contributed by atoms with Crippen LogP contribution in [-0.4, -0.2) is 45.9 Å². The topological polar surface area (TPSA) is 116 Å². The summed E-state index contributed by atoms with van der Waals surface area (Å²) >= 11 is 1.56. The van der Waals surface area contributed by atoms with Gasteiger partial charge in [-0.25, -0.2) is 4.79 Å². The standard InChI is InChI=1S/C19H23N3O4S/c20-13-7-8-15-22(16(13)23)14(10-27-15)17(24)26-19(18(21)25)9-3-5-11-4-1-2-6-12(11)19/h1-2,4,6,13-15H,3,5,7-10,20H2,(H2,21,25). The molecular weight excluding hydrogens is 366 g/mol. The smallest absolute Gasteiger partial charge is 0.331 e. The minimum absolute atomic E-state index is 0.0574.